The first-order valence-corrected chi connectivity index (χ1v) is 7.07. The van der Waals surface area contributed by atoms with Crippen LogP contribution in [0.25, 0.3) is 0 Å². The second-order valence-electron chi connectivity index (χ2n) is 4.92. The van der Waals surface area contributed by atoms with Gasteiger partial charge in [-0.2, -0.15) is 0 Å². The van der Waals surface area contributed by atoms with Gasteiger partial charge in [-0.15, -0.1) is 0 Å². The highest BCUT2D eigenvalue weighted by Gasteiger charge is 2.12. The van der Waals surface area contributed by atoms with Gasteiger partial charge in [-0.25, -0.2) is 0 Å². The molecular formula is C14H25NO2. The summed E-state index contributed by atoms with van der Waals surface area (Å²) in [5, 5.41) is 3.42. The van der Waals surface area contributed by atoms with E-state index < -0.39 is 0 Å². The molecule has 98 valence electrons. The molecule has 1 fully saturated rings. The van der Waals surface area contributed by atoms with Gasteiger partial charge in [0.05, 0.1) is 0 Å². The van der Waals surface area contributed by atoms with Crippen LogP contribution in [0.3, 0.4) is 0 Å². The minimum atomic E-state index is -0.146. The van der Waals surface area contributed by atoms with Crippen molar-refractivity contribution in [2.24, 2.45) is 0 Å². The Morgan fingerprint density at radius 1 is 0.588 bits per heavy atom. The number of rotatable bonds is 0. The Morgan fingerprint density at radius 2 is 1.00 bits per heavy atom. The van der Waals surface area contributed by atoms with Crippen molar-refractivity contribution in [3.8, 4) is 0 Å². The third-order valence-electron chi connectivity index (χ3n) is 3.33. The molecule has 3 nitrogen and oxygen atoms in total. The van der Waals surface area contributed by atoms with E-state index in [2.05, 4.69) is 5.32 Å². The molecule has 0 radical (unpaired) electrons. The van der Waals surface area contributed by atoms with Crippen molar-refractivity contribution >= 4 is 11.6 Å². The van der Waals surface area contributed by atoms with Crippen LogP contribution in [0, 0.1) is 0 Å². The van der Waals surface area contributed by atoms with Crippen LogP contribution in [0.4, 0.5) is 0 Å². The summed E-state index contributed by atoms with van der Waals surface area (Å²) >= 11 is 0. The topological polar surface area (TPSA) is 46.2 Å². The van der Waals surface area contributed by atoms with Gasteiger partial charge in [0, 0.05) is 12.8 Å². The number of ketones is 2. The van der Waals surface area contributed by atoms with Gasteiger partial charge in [0.15, 0.2) is 11.6 Å². The largest absolute Gasteiger partial charge is 0.317 e. The van der Waals surface area contributed by atoms with Gasteiger partial charge in [-0.05, 0) is 38.8 Å². The number of carbonyl (C=O) groups excluding carboxylic acids is 2. The Labute approximate surface area is 104 Å². The molecule has 1 saturated heterocycles. The molecule has 1 rings (SSSR count). The molecule has 0 saturated carbocycles. The maximum Gasteiger partial charge on any atom is 0.198 e. The molecule has 0 bridgehead atoms. The third kappa shape index (κ3) is 7.27. The summed E-state index contributed by atoms with van der Waals surface area (Å²) in [7, 11) is 0. The molecule has 1 heterocycles. The van der Waals surface area contributed by atoms with E-state index in [-0.39, 0.29) is 11.6 Å². The zero-order valence-corrected chi connectivity index (χ0v) is 10.8. The van der Waals surface area contributed by atoms with E-state index in [1.54, 1.807) is 0 Å². The smallest absolute Gasteiger partial charge is 0.198 e. The fourth-order valence-corrected chi connectivity index (χ4v) is 2.18. The fraction of sp³-hybridized carbons (Fsp3) is 0.857. The summed E-state index contributed by atoms with van der Waals surface area (Å²) in [6, 6.07) is 0. The van der Waals surface area contributed by atoms with Crippen molar-refractivity contribution in [3.63, 3.8) is 0 Å². The van der Waals surface area contributed by atoms with Crippen molar-refractivity contribution in [3.05, 3.63) is 0 Å². The molecule has 1 N–H and O–H groups in total. The summed E-state index contributed by atoms with van der Waals surface area (Å²) in [5.74, 6) is -0.286. The second kappa shape index (κ2) is 9.34. The van der Waals surface area contributed by atoms with E-state index in [1.807, 2.05) is 0 Å². The van der Waals surface area contributed by atoms with E-state index in [1.165, 1.54) is 19.3 Å². The van der Waals surface area contributed by atoms with Crippen LogP contribution in [-0.4, -0.2) is 24.7 Å². The predicted octanol–water partition coefficient (Wildman–Crippen LogP) is 2.63. The normalized spacial score (nSPS) is 22.8. The van der Waals surface area contributed by atoms with Crippen molar-refractivity contribution in [2.75, 3.05) is 13.1 Å². The lowest BCUT2D eigenvalue weighted by molar-refractivity contribution is -0.136. The molecule has 1 aliphatic rings. The van der Waals surface area contributed by atoms with Crippen molar-refractivity contribution in [1.82, 2.24) is 5.32 Å². The van der Waals surface area contributed by atoms with Crippen LogP contribution in [0.15, 0.2) is 0 Å². The molecule has 0 aromatic carbocycles. The van der Waals surface area contributed by atoms with Crippen LogP contribution in [0.1, 0.15) is 64.2 Å². The van der Waals surface area contributed by atoms with Gasteiger partial charge in [-0.1, -0.05) is 25.7 Å². The molecule has 0 aromatic heterocycles. The lowest BCUT2D eigenvalue weighted by Gasteiger charge is -2.03. The quantitative estimate of drug-likeness (QED) is 0.661. The van der Waals surface area contributed by atoms with Gasteiger partial charge in [0.25, 0.3) is 0 Å². The Hall–Kier alpha value is -0.700. The van der Waals surface area contributed by atoms with Gasteiger partial charge in [-0.3, -0.25) is 9.59 Å². The summed E-state index contributed by atoms with van der Waals surface area (Å²) < 4.78 is 0. The molecule has 0 aromatic rings. The van der Waals surface area contributed by atoms with E-state index >= 15 is 0 Å². The number of nitrogens with one attached hydrogen (secondary N) is 1. The maximum absolute atomic E-state index is 11.5. The highest BCUT2D eigenvalue weighted by atomic mass is 16.2. The predicted molar refractivity (Wildman–Crippen MR) is 69.1 cm³/mol. The average molecular weight is 239 g/mol. The van der Waals surface area contributed by atoms with Crippen LogP contribution >= 0.6 is 0 Å². The van der Waals surface area contributed by atoms with Gasteiger partial charge < -0.3 is 5.32 Å². The van der Waals surface area contributed by atoms with E-state index in [9.17, 15) is 9.59 Å². The Kier molecular flexibility index (Phi) is 7.89. The molecule has 1 aliphatic heterocycles. The molecular weight excluding hydrogens is 214 g/mol. The van der Waals surface area contributed by atoms with Crippen molar-refractivity contribution in [2.45, 2.75) is 64.2 Å². The highest BCUT2D eigenvalue weighted by Crippen LogP contribution is 2.08. The summed E-state index contributed by atoms with van der Waals surface area (Å²) in [4.78, 5) is 23.0. The van der Waals surface area contributed by atoms with E-state index in [0.29, 0.717) is 12.8 Å². The van der Waals surface area contributed by atoms with Crippen LogP contribution < -0.4 is 5.32 Å². The minimum absolute atomic E-state index is 0.141. The van der Waals surface area contributed by atoms with Gasteiger partial charge >= 0.3 is 0 Å². The van der Waals surface area contributed by atoms with E-state index in [0.717, 1.165) is 45.2 Å². The Balaban J connectivity index is 2.26. The number of carbonyl (C=O) groups is 2. The molecule has 17 heavy (non-hydrogen) atoms. The number of hydrogen-bond donors (Lipinski definition) is 1. The first-order valence-electron chi connectivity index (χ1n) is 7.07. The molecule has 0 aliphatic carbocycles. The minimum Gasteiger partial charge on any atom is -0.317 e. The first kappa shape index (κ1) is 14.4. The zero-order valence-electron chi connectivity index (χ0n) is 10.8. The zero-order chi connectivity index (χ0) is 12.3. The maximum atomic E-state index is 11.5. The van der Waals surface area contributed by atoms with Crippen LogP contribution in [-0.2, 0) is 9.59 Å². The number of hydrogen-bond acceptors (Lipinski definition) is 3. The van der Waals surface area contributed by atoms with Gasteiger partial charge in [0.1, 0.15) is 0 Å². The summed E-state index contributed by atoms with van der Waals surface area (Å²) in [6.07, 6.45) is 9.57. The molecule has 3 heteroatoms. The summed E-state index contributed by atoms with van der Waals surface area (Å²) in [6.45, 7) is 2.15. The number of Topliss-reactive ketones (excluding diaryl/α,β-unsaturated/α-hetero) is 2. The Morgan fingerprint density at radius 3 is 1.59 bits per heavy atom. The highest BCUT2D eigenvalue weighted by molar-refractivity contribution is 6.37. The fourth-order valence-electron chi connectivity index (χ4n) is 2.18. The standard InChI is InChI=1S/C14H25NO2/c16-13-9-5-2-1-3-7-11-15-12-8-4-6-10-14(13)17/h15H,1-12H2. The van der Waals surface area contributed by atoms with E-state index in [4.69, 9.17) is 0 Å². The van der Waals surface area contributed by atoms with Crippen molar-refractivity contribution < 1.29 is 9.59 Å². The van der Waals surface area contributed by atoms with Crippen molar-refractivity contribution in [1.29, 1.82) is 0 Å². The lowest BCUT2D eigenvalue weighted by atomic mass is 10.0. The van der Waals surface area contributed by atoms with Crippen LogP contribution in [0.2, 0.25) is 0 Å². The average Bonchev–Trinajstić information content (AvgIpc) is 2.34. The van der Waals surface area contributed by atoms with Crippen LogP contribution in [0.5, 0.6) is 0 Å². The third-order valence-corrected chi connectivity index (χ3v) is 3.33. The molecule has 0 atom stereocenters. The molecule has 0 spiro atoms. The Bertz CT molecular complexity index is 214. The van der Waals surface area contributed by atoms with Gasteiger partial charge in [0.2, 0.25) is 0 Å². The first-order chi connectivity index (χ1) is 8.30. The monoisotopic (exact) mass is 239 g/mol. The molecule has 0 amide bonds. The lowest BCUT2D eigenvalue weighted by Crippen LogP contribution is -2.16. The summed E-state index contributed by atoms with van der Waals surface area (Å²) in [5.41, 5.74) is 0. The SMILES string of the molecule is O=C1CCCCCCCNCCCCCC1=O. The second-order valence-corrected chi connectivity index (χ2v) is 4.92. The molecule has 0 unspecified atom stereocenters.